The molecule has 0 N–H and O–H groups in total. The van der Waals surface area contributed by atoms with Gasteiger partial charge in [0.05, 0.1) is 4.90 Å². The van der Waals surface area contributed by atoms with E-state index in [2.05, 4.69) is 11.8 Å². The summed E-state index contributed by atoms with van der Waals surface area (Å²) in [6, 6.07) is 5.17. The second kappa shape index (κ2) is 6.82. The molecule has 1 aromatic carbocycles. The number of fused-ring (bicyclic) bond motifs is 1. The highest BCUT2D eigenvalue weighted by atomic mass is 32.2. The summed E-state index contributed by atoms with van der Waals surface area (Å²) >= 11 is 0. The van der Waals surface area contributed by atoms with Crippen LogP contribution in [0.2, 0.25) is 0 Å². The number of rotatable bonds is 4. The standard InChI is InChI=1S/C17H25N3O3S/c1-3-17(21)20-8-7-14-13-15(5-6-16(14)20)24(22,23)19-11-9-18(4-2)10-12-19/h5-6,13H,3-4,7-12H2,1-2H3. The summed E-state index contributed by atoms with van der Waals surface area (Å²) in [5.74, 6) is 0.0834. The van der Waals surface area contributed by atoms with E-state index in [1.807, 2.05) is 6.92 Å². The topological polar surface area (TPSA) is 60.9 Å². The van der Waals surface area contributed by atoms with Gasteiger partial charge in [0, 0.05) is 44.8 Å². The molecule has 24 heavy (non-hydrogen) atoms. The van der Waals surface area contributed by atoms with Crippen LogP contribution in [-0.2, 0) is 21.2 Å². The smallest absolute Gasteiger partial charge is 0.243 e. The fraction of sp³-hybridized carbons (Fsp3) is 0.588. The maximum absolute atomic E-state index is 12.9. The highest BCUT2D eigenvalue weighted by Crippen LogP contribution is 2.31. The lowest BCUT2D eigenvalue weighted by atomic mass is 10.2. The minimum Gasteiger partial charge on any atom is -0.312 e. The third kappa shape index (κ3) is 3.08. The number of hydrogen-bond donors (Lipinski definition) is 0. The molecule has 2 aliphatic rings. The Morgan fingerprint density at radius 2 is 1.79 bits per heavy atom. The van der Waals surface area contributed by atoms with Crippen LogP contribution in [0.4, 0.5) is 5.69 Å². The Bertz CT molecular complexity index is 725. The third-order valence-corrected chi connectivity index (χ3v) is 6.86. The molecule has 0 spiro atoms. The Balaban J connectivity index is 1.82. The summed E-state index contributed by atoms with van der Waals surface area (Å²) < 4.78 is 27.3. The highest BCUT2D eigenvalue weighted by Gasteiger charge is 2.30. The van der Waals surface area contributed by atoms with Crippen LogP contribution >= 0.6 is 0 Å². The molecule has 0 atom stereocenters. The summed E-state index contributed by atoms with van der Waals surface area (Å²) in [6.07, 6.45) is 1.18. The van der Waals surface area contributed by atoms with Gasteiger partial charge in [0.25, 0.3) is 0 Å². The maximum atomic E-state index is 12.9. The van der Waals surface area contributed by atoms with E-state index in [4.69, 9.17) is 0 Å². The second-order valence-corrected chi connectivity index (χ2v) is 8.22. The molecule has 0 bridgehead atoms. The average molecular weight is 351 g/mol. The number of nitrogens with zero attached hydrogens (tertiary/aromatic N) is 3. The molecule has 2 heterocycles. The number of carbonyl (C=O) groups is 1. The quantitative estimate of drug-likeness (QED) is 0.821. The first-order valence-corrected chi connectivity index (χ1v) is 10.1. The second-order valence-electron chi connectivity index (χ2n) is 6.28. The number of anilines is 1. The van der Waals surface area contributed by atoms with Crippen LogP contribution in [-0.4, -0.2) is 62.8 Å². The van der Waals surface area contributed by atoms with Gasteiger partial charge in [-0.05, 0) is 36.7 Å². The van der Waals surface area contributed by atoms with E-state index in [-0.39, 0.29) is 5.91 Å². The molecule has 0 saturated carbocycles. The molecule has 2 aliphatic heterocycles. The first-order chi connectivity index (χ1) is 11.5. The Morgan fingerprint density at radius 1 is 1.08 bits per heavy atom. The van der Waals surface area contributed by atoms with Crippen molar-refractivity contribution in [3.05, 3.63) is 23.8 Å². The lowest BCUT2D eigenvalue weighted by Crippen LogP contribution is -2.48. The lowest BCUT2D eigenvalue weighted by molar-refractivity contribution is -0.118. The molecule has 6 nitrogen and oxygen atoms in total. The molecule has 132 valence electrons. The van der Waals surface area contributed by atoms with E-state index in [1.165, 1.54) is 0 Å². The lowest BCUT2D eigenvalue weighted by Gasteiger charge is -2.33. The number of amides is 1. The van der Waals surface area contributed by atoms with Gasteiger partial charge in [-0.25, -0.2) is 8.42 Å². The van der Waals surface area contributed by atoms with Crippen LogP contribution in [0.3, 0.4) is 0 Å². The predicted octanol–water partition coefficient (Wildman–Crippen LogP) is 1.31. The molecule has 1 aromatic rings. The first-order valence-electron chi connectivity index (χ1n) is 8.63. The minimum absolute atomic E-state index is 0.0834. The molecule has 1 fully saturated rings. The van der Waals surface area contributed by atoms with E-state index < -0.39 is 10.0 Å². The van der Waals surface area contributed by atoms with Gasteiger partial charge in [-0.15, -0.1) is 0 Å². The van der Waals surface area contributed by atoms with Gasteiger partial charge in [-0.1, -0.05) is 13.8 Å². The van der Waals surface area contributed by atoms with Crippen LogP contribution in [0.25, 0.3) is 0 Å². The van der Waals surface area contributed by atoms with Gasteiger partial charge in [0.15, 0.2) is 0 Å². The van der Waals surface area contributed by atoms with Crippen molar-refractivity contribution in [3.8, 4) is 0 Å². The van der Waals surface area contributed by atoms with Crippen molar-refractivity contribution >= 4 is 21.6 Å². The van der Waals surface area contributed by atoms with Crippen molar-refractivity contribution in [2.24, 2.45) is 0 Å². The molecule has 0 unspecified atom stereocenters. The van der Waals surface area contributed by atoms with Crippen molar-refractivity contribution < 1.29 is 13.2 Å². The van der Waals surface area contributed by atoms with Crippen molar-refractivity contribution in [3.63, 3.8) is 0 Å². The fourth-order valence-electron chi connectivity index (χ4n) is 3.42. The summed E-state index contributed by atoms with van der Waals surface area (Å²) in [5.41, 5.74) is 1.81. The van der Waals surface area contributed by atoms with E-state index >= 15 is 0 Å². The summed E-state index contributed by atoms with van der Waals surface area (Å²) in [7, 11) is -3.46. The maximum Gasteiger partial charge on any atom is 0.243 e. The number of piperazine rings is 1. The van der Waals surface area contributed by atoms with Crippen LogP contribution in [0, 0.1) is 0 Å². The molecule has 0 radical (unpaired) electrons. The molecular weight excluding hydrogens is 326 g/mol. The van der Waals surface area contributed by atoms with Crippen LogP contribution in [0.5, 0.6) is 0 Å². The number of carbonyl (C=O) groups excluding carboxylic acids is 1. The molecular formula is C17H25N3O3S. The van der Waals surface area contributed by atoms with E-state index in [1.54, 1.807) is 27.4 Å². The van der Waals surface area contributed by atoms with Crippen molar-refractivity contribution in [2.75, 3.05) is 44.2 Å². The minimum atomic E-state index is -3.46. The predicted molar refractivity (Wildman–Crippen MR) is 93.7 cm³/mol. The number of likely N-dealkylation sites (N-methyl/N-ethyl adjacent to an activating group) is 1. The molecule has 0 aromatic heterocycles. The normalized spacial score (nSPS) is 19.5. The Morgan fingerprint density at radius 3 is 2.42 bits per heavy atom. The molecule has 0 aliphatic carbocycles. The zero-order chi connectivity index (χ0) is 17.3. The zero-order valence-electron chi connectivity index (χ0n) is 14.4. The monoisotopic (exact) mass is 351 g/mol. The van der Waals surface area contributed by atoms with Crippen molar-refractivity contribution in [1.82, 2.24) is 9.21 Å². The Kier molecular flexibility index (Phi) is 4.94. The molecule has 1 saturated heterocycles. The van der Waals surface area contributed by atoms with E-state index in [0.717, 1.165) is 30.9 Å². The zero-order valence-corrected chi connectivity index (χ0v) is 15.2. The van der Waals surface area contributed by atoms with Crippen molar-refractivity contribution in [2.45, 2.75) is 31.6 Å². The largest absolute Gasteiger partial charge is 0.312 e. The van der Waals surface area contributed by atoms with Gasteiger partial charge >= 0.3 is 0 Å². The SMILES string of the molecule is CCC(=O)N1CCc2cc(S(=O)(=O)N3CCN(CC)CC3)ccc21. The van der Waals surface area contributed by atoms with E-state index in [9.17, 15) is 13.2 Å². The van der Waals surface area contributed by atoms with Crippen molar-refractivity contribution in [1.29, 1.82) is 0 Å². The first kappa shape index (κ1) is 17.4. The number of benzene rings is 1. The van der Waals surface area contributed by atoms with Gasteiger partial charge in [-0.3, -0.25) is 4.79 Å². The van der Waals surface area contributed by atoms with Crippen LogP contribution in [0.15, 0.2) is 23.1 Å². The van der Waals surface area contributed by atoms with Gasteiger partial charge in [0.1, 0.15) is 0 Å². The molecule has 1 amide bonds. The summed E-state index contributed by atoms with van der Waals surface area (Å²) in [5, 5.41) is 0. The third-order valence-electron chi connectivity index (χ3n) is 4.97. The fourth-order valence-corrected chi connectivity index (χ4v) is 4.90. The Labute approximate surface area is 144 Å². The number of sulfonamides is 1. The van der Waals surface area contributed by atoms with E-state index in [0.29, 0.717) is 37.4 Å². The molecule has 7 heteroatoms. The highest BCUT2D eigenvalue weighted by molar-refractivity contribution is 7.89. The van der Waals surface area contributed by atoms with Gasteiger partial charge in [-0.2, -0.15) is 4.31 Å². The summed E-state index contributed by atoms with van der Waals surface area (Å²) in [4.78, 5) is 16.3. The van der Waals surface area contributed by atoms with Gasteiger partial charge in [0.2, 0.25) is 15.9 Å². The van der Waals surface area contributed by atoms with Gasteiger partial charge < -0.3 is 9.80 Å². The molecule has 3 rings (SSSR count). The number of hydrogen-bond acceptors (Lipinski definition) is 4. The Hall–Kier alpha value is -1.44. The van der Waals surface area contributed by atoms with Crippen LogP contribution < -0.4 is 4.90 Å². The summed E-state index contributed by atoms with van der Waals surface area (Å²) in [6.45, 7) is 8.15. The average Bonchev–Trinajstić information content (AvgIpc) is 3.04. The van der Waals surface area contributed by atoms with Crippen LogP contribution in [0.1, 0.15) is 25.8 Å².